The molecule has 0 bridgehead atoms. The molecular weight excluding hydrogens is 189 g/mol. The number of fused-ring (bicyclic) bond motifs is 1. The van der Waals surface area contributed by atoms with Crippen molar-refractivity contribution in [3.8, 4) is 0 Å². The van der Waals surface area contributed by atoms with Crippen LogP contribution in [0.5, 0.6) is 0 Å². The van der Waals surface area contributed by atoms with Gasteiger partial charge in [-0.05, 0) is 0 Å². The average molecular weight is 191 g/mol. The maximum atomic E-state index is 12.0. The summed E-state index contributed by atoms with van der Waals surface area (Å²) in [5.74, 6) is 0. The molecule has 12 heavy (non-hydrogen) atoms. The van der Waals surface area contributed by atoms with Crippen LogP contribution in [0, 0.1) is 6.20 Å². The number of nitrogens with zero attached hydrogens (tertiary/aromatic N) is 2. The summed E-state index contributed by atoms with van der Waals surface area (Å²) in [6.07, 6.45) is -0.802. The minimum atomic E-state index is -4.40. The van der Waals surface area contributed by atoms with Gasteiger partial charge in [0.25, 0.3) is 0 Å². The standard InChI is InChI=1S/C6H2F3N2S/c7-6(8,9)4-3-11-1-2-12-5(11)10-4/h1-2H. The van der Waals surface area contributed by atoms with Gasteiger partial charge >= 0.3 is 6.18 Å². The van der Waals surface area contributed by atoms with Gasteiger partial charge in [0, 0.05) is 11.6 Å². The molecule has 0 spiro atoms. The van der Waals surface area contributed by atoms with E-state index in [1.54, 1.807) is 5.38 Å². The third-order valence-electron chi connectivity index (χ3n) is 1.29. The first kappa shape index (κ1) is 7.60. The molecule has 0 N–H and O–H groups in total. The summed E-state index contributed by atoms with van der Waals surface area (Å²) in [7, 11) is 0. The van der Waals surface area contributed by atoms with E-state index in [1.807, 2.05) is 0 Å². The van der Waals surface area contributed by atoms with Crippen LogP contribution in [0.2, 0.25) is 0 Å². The topological polar surface area (TPSA) is 17.3 Å². The largest absolute Gasteiger partial charge is 0.435 e. The average Bonchev–Trinajstić information content (AvgIpc) is 2.37. The lowest BCUT2D eigenvalue weighted by molar-refractivity contribution is -0.141. The quantitative estimate of drug-likeness (QED) is 0.624. The van der Waals surface area contributed by atoms with Crippen molar-refractivity contribution in [1.29, 1.82) is 0 Å². The fraction of sp³-hybridized carbons (Fsp3) is 0.167. The van der Waals surface area contributed by atoms with E-state index in [1.165, 1.54) is 10.6 Å². The van der Waals surface area contributed by atoms with Crippen LogP contribution in [0.25, 0.3) is 4.96 Å². The van der Waals surface area contributed by atoms with E-state index in [4.69, 9.17) is 0 Å². The lowest BCUT2D eigenvalue weighted by Crippen LogP contribution is -2.04. The van der Waals surface area contributed by atoms with Crippen LogP contribution in [-0.4, -0.2) is 9.38 Å². The Hall–Kier alpha value is -1.04. The van der Waals surface area contributed by atoms with Gasteiger partial charge in [-0.25, -0.2) is 4.98 Å². The van der Waals surface area contributed by atoms with Crippen molar-refractivity contribution in [1.82, 2.24) is 9.38 Å². The molecule has 2 heterocycles. The van der Waals surface area contributed by atoms with Crippen LogP contribution in [0.1, 0.15) is 5.69 Å². The van der Waals surface area contributed by atoms with E-state index in [0.29, 0.717) is 4.96 Å². The number of thiazole rings is 1. The first-order chi connectivity index (χ1) is 5.57. The minimum Gasteiger partial charge on any atom is -0.288 e. The first-order valence-corrected chi connectivity index (χ1v) is 3.87. The SMILES string of the molecule is FC(F)(F)c1[c]n2ccsc2n1. The Labute approximate surface area is 69.3 Å². The first-order valence-electron chi connectivity index (χ1n) is 2.99. The number of aromatic nitrogens is 2. The Kier molecular flexibility index (Phi) is 1.41. The molecule has 0 amide bonds. The second kappa shape index (κ2) is 2.22. The number of hydrogen-bond donors (Lipinski definition) is 0. The summed E-state index contributed by atoms with van der Waals surface area (Å²) in [6.45, 7) is 0. The Balaban J connectivity index is 2.59. The van der Waals surface area contributed by atoms with E-state index in [9.17, 15) is 13.2 Å². The molecule has 0 saturated heterocycles. The molecule has 2 nitrogen and oxygen atoms in total. The van der Waals surface area contributed by atoms with Gasteiger partial charge in [0.15, 0.2) is 10.7 Å². The highest BCUT2D eigenvalue weighted by molar-refractivity contribution is 7.15. The number of hydrogen-bond acceptors (Lipinski definition) is 2. The van der Waals surface area contributed by atoms with Gasteiger partial charge in [0.2, 0.25) is 0 Å². The number of halogens is 3. The van der Waals surface area contributed by atoms with E-state index >= 15 is 0 Å². The Morgan fingerprint density at radius 3 is 2.83 bits per heavy atom. The maximum absolute atomic E-state index is 12.0. The summed E-state index contributed by atoms with van der Waals surface area (Å²) in [5.41, 5.74) is -0.964. The highest BCUT2D eigenvalue weighted by Gasteiger charge is 2.34. The van der Waals surface area contributed by atoms with Crippen LogP contribution >= 0.6 is 11.3 Å². The van der Waals surface area contributed by atoms with Gasteiger partial charge in [-0.15, -0.1) is 11.3 Å². The molecule has 0 aromatic carbocycles. The smallest absolute Gasteiger partial charge is 0.288 e. The van der Waals surface area contributed by atoms with Gasteiger partial charge in [0.1, 0.15) is 6.20 Å². The molecule has 63 valence electrons. The highest BCUT2D eigenvalue weighted by Crippen LogP contribution is 2.28. The maximum Gasteiger partial charge on any atom is 0.435 e. The second-order valence-corrected chi connectivity index (χ2v) is 3.00. The number of imidazole rings is 1. The molecule has 1 radical (unpaired) electrons. The summed E-state index contributed by atoms with van der Waals surface area (Å²) < 4.78 is 37.2. The molecule has 2 rings (SSSR count). The molecule has 0 aliphatic carbocycles. The fourth-order valence-electron chi connectivity index (χ4n) is 0.800. The summed E-state index contributed by atoms with van der Waals surface area (Å²) in [5, 5.41) is 1.65. The second-order valence-electron chi connectivity index (χ2n) is 2.13. The molecule has 0 atom stereocenters. The molecule has 0 saturated carbocycles. The summed E-state index contributed by atoms with van der Waals surface area (Å²) in [4.78, 5) is 3.65. The number of rotatable bonds is 0. The summed E-state index contributed by atoms with van der Waals surface area (Å²) in [6, 6.07) is 0. The van der Waals surface area contributed by atoms with Crippen molar-refractivity contribution >= 4 is 16.3 Å². The highest BCUT2D eigenvalue weighted by atomic mass is 32.1. The Morgan fingerprint density at radius 1 is 1.50 bits per heavy atom. The van der Waals surface area contributed by atoms with Crippen LogP contribution < -0.4 is 0 Å². The Bertz CT molecular complexity index is 371. The lowest BCUT2D eigenvalue weighted by atomic mass is 10.5. The predicted molar refractivity (Wildman–Crippen MR) is 36.9 cm³/mol. The van der Waals surface area contributed by atoms with Crippen LogP contribution in [0.4, 0.5) is 13.2 Å². The molecule has 2 aromatic rings. The van der Waals surface area contributed by atoms with Gasteiger partial charge in [-0.3, -0.25) is 4.40 Å². The molecule has 6 heteroatoms. The van der Waals surface area contributed by atoms with Crippen LogP contribution in [-0.2, 0) is 6.18 Å². The van der Waals surface area contributed by atoms with Crippen molar-refractivity contribution < 1.29 is 13.2 Å². The van der Waals surface area contributed by atoms with Crippen molar-refractivity contribution in [3.63, 3.8) is 0 Å². The van der Waals surface area contributed by atoms with E-state index in [-0.39, 0.29) is 0 Å². The predicted octanol–water partition coefficient (Wildman–Crippen LogP) is 2.21. The number of alkyl halides is 3. The molecule has 0 fully saturated rings. The minimum absolute atomic E-state index is 0.308. The molecular formula is C6H2F3N2S. The van der Waals surface area contributed by atoms with Gasteiger partial charge in [0.05, 0.1) is 0 Å². The van der Waals surface area contributed by atoms with Crippen molar-refractivity contribution in [3.05, 3.63) is 23.5 Å². The van der Waals surface area contributed by atoms with Crippen molar-refractivity contribution in [2.45, 2.75) is 6.18 Å². The van der Waals surface area contributed by atoms with E-state index in [0.717, 1.165) is 11.3 Å². The molecule has 0 aliphatic rings. The molecule has 0 unspecified atom stereocenters. The zero-order valence-electron chi connectivity index (χ0n) is 5.59. The third kappa shape index (κ3) is 1.08. The fourth-order valence-corrected chi connectivity index (χ4v) is 1.47. The van der Waals surface area contributed by atoms with E-state index < -0.39 is 11.9 Å². The molecule has 2 aromatic heterocycles. The van der Waals surface area contributed by atoms with Gasteiger partial charge in [-0.2, -0.15) is 13.2 Å². The van der Waals surface area contributed by atoms with Crippen LogP contribution in [0.3, 0.4) is 0 Å². The third-order valence-corrected chi connectivity index (χ3v) is 2.05. The lowest BCUT2D eigenvalue weighted by Gasteiger charge is -1.98. The van der Waals surface area contributed by atoms with E-state index in [2.05, 4.69) is 11.2 Å². The van der Waals surface area contributed by atoms with Gasteiger partial charge < -0.3 is 0 Å². The molecule has 0 aliphatic heterocycles. The monoisotopic (exact) mass is 191 g/mol. The zero-order valence-corrected chi connectivity index (χ0v) is 6.41. The Morgan fingerprint density at radius 2 is 2.25 bits per heavy atom. The van der Waals surface area contributed by atoms with Crippen molar-refractivity contribution in [2.75, 3.05) is 0 Å². The van der Waals surface area contributed by atoms with Gasteiger partial charge in [-0.1, -0.05) is 0 Å². The summed E-state index contributed by atoms with van der Waals surface area (Å²) >= 11 is 1.14. The normalized spacial score (nSPS) is 12.6. The van der Waals surface area contributed by atoms with Crippen LogP contribution in [0.15, 0.2) is 11.6 Å². The van der Waals surface area contributed by atoms with Crippen molar-refractivity contribution in [2.24, 2.45) is 0 Å². The zero-order chi connectivity index (χ0) is 8.77.